The van der Waals surface area contributed by atoms with Crippen molar-refractivity contribution in [1.29, 1.82) is 0 Å². The third-order valence-corrected chi connectivity index (χ3v) is 2.79. The number of rotatable bonds is 9. The maximum atomic E-state index is 11.3. The minimum Gasteiger partial charge on any atom is -0.480 e. The molecule has 0 aliphatic heterocycles. The van der Waals surface area contributed by atoms with E-state index in [-0.39, 0.29) is 6.42 Å². The lowest BCUT2D eigenvalue weighted by atomic mass is 10.0. The van der Waals surface area contributed by atoms with Gasteiger partial charge in [-0.1, -0.05) is 6.92 Å². The summed E-state index contributed by atoms with van der Waals surface area (Å²) in [4.78, 5) is 21.7. The third kappa shape index (κ3) is 6.26. The summed E-state index contributed by atoms with van der Waals surface area (Å²) in [5.74, 6) is -2.04. The molecule has 0 saturated carbocycles. The summed E-state index contributed by atoms with van der Waals surface area (Å²) in [6.45, 7) is 1.18. The molecule has 0 aromatic carbocycles. The maximum absolute atomic E-state index is 11.3. The zero-order valence-corrected chi connectivity index (χ0v) is 11.1. The van der Waals surface area contributed by atoms with E-state index in [1.165, 1.54) is 0 Å². The van der Waals surface area contributed by atoms with Crippen molar-refractivity contribution in [3.63, 3.8) is 0 Å². The quantitative estimate of drug-likeness (QED) is 0.232. The van der Waals surface area contributed by atoms with Crippen molar-refractivity contribution in [3.05, 3.63) is 0 Å². The molecule has 0 radical (unpaired) electrons. The van der Waals surface area contributed by atoms with Crippen LogP contribution in [0.1, 0.15) is 19.8 Å². The molecule has 0 fully saturated rings. The average Bonchev–Trinajstić information content (AvgIpc) is 2.41. The van der Waals surface area contributed by atoms with Crippen LogP contribution in [0.3, 0.4) is 0 Å². The summed E-state index contributed by atoms with van der Waals surface area (Å²) >= 11 is 0. The SMILES string of the molecule is CC[C@@H](O)[C@@H](O)[C@H](O)[C@@H](O)CNC(=O)CC(N)C(=O)O. The van der Waals surface area contributed by atoms with Gasteiger partial charge in [-0.2, -0.15) is 0 Å². The van der Waals surface area contributed by atoms with Gasteiger partial charge in [-0.15, -0.1) is 0 Å². The fraction of sp³-hybridized carbons (Fsp3) is 0.818. The number of aliphatic hydroxyl groups excluding tert-OH is 4. The summed E-state index contributed by atoms with van der Waals surface area (Å²) in [7, 11) is 0. The van der Waals surface area contributed by atoms with Crippen molar-refractivity contribution in [3.8, 4) is 0 Å². The Labute approximate surface area is 116 Å². The summed E-state index contributed by atoms with van der Waals surface area (Å²) in [6.07, 6.45) is -6.18. The number of aliphatic carboxylic acids is 1. The first kappa shape index (κ1) is 18.7. The Bertz CT molecular complexity index is 326. The van der Waals surface area contributed by atoms with Crippen molar-refractivity contribution >= 4 is 11.9 Å². The highest BCUT2D eigenvalue weighted by Gasteiger charge is 2.29. The normalized spacial score (nSPS) is 18.7. The molecule has 5 atom stereocenters. The van der Waals surface area contributed by atoms with Crippen LogP contribution in [0.2, 0.25) is 0 Å². The van der Waals surface area contributed by atoms with Crippen molar-refractivity contribution in [2.24, 2.45) is 5.73 Å². The van der Waals surface area contributed by atoms with E-state index in [0.29, 0.717) is 0 Å². The Hall–Kier alpha value is -1.26. The van der Waals surface area contributed by atoms with Crippen molar-refractivity contribution in [1.82, 2.24) is 5.32 Å². The smallest absolute Gasteiger partial charge is 0.321 e. The second kappa shape index (κ2) is 8.82. The van der Waals surface area contributed by atoms with E-state index in [1.54, 1.807) is 6.92 Å². The highest BCUT2D eigenvalue weighted by atomic mass is 16.4. The van der Waals surface area contributed by atoms with Crippen LogP contribution < -0.4 is 11.1 Å². The average molecular weight is 294 g/mol. The van der Waals surface area contributed by atoms with E-state index in [4.69, 9.17) is 10.8 Å². The molecule has 8 N–H and O–H groups in total. The number of aliphatic hydroxyl groups is 4. The van der Waals surface area contributed by atoms with Crippen LogP contribution in [0.15, 0.2) is 0 Å². The lowest BCUT2D eigenvalue weighted by Gasteiger charge is -2.26. The summed E-state index contributed by atoms with van der Waals surface area (Å²) < 4.78 is 0. The number of carboxylic acids is 1. The van der Waals surface area contributed by atoms with Crippen molar-refractivity contribution in [2.75, 3.05) is 6.54 Å². The molecule has 20 heavy (non-hydrogen) atoms. The number of carboxylic acid groups (broad SMARTS) is 1. The molecule has 0 aliphatic carbocycles. The van der Waals surface area contributed by atoms with Gasteiger partial charge < -0.3 is 36.6 Å². The van der Waals surface area contributed by atoms with Crippen LogP contribution in [0, 0.1) is 0 Å². The third-order valence-electron chi connectivity index (χ3n) is 2.79. The number of nitrogens with two attached hydrogens (primary N) is 1. The van der Waals surface area contributed by atoms with Crippen LogP contribution in [0.5, 0.6) is 0 Å². The second-order valence-corrected chi connectivity index (χ2v) is 4.48. The standard InChI is InChI=1S/C11H22N2O7/c1-2-6(14)9(17)10(18)7(15)4-13-8(16)3-5(12)11(19)20/h5-7,9-10,14-15,17-18H,2-4,12H2,1H3,(H,13,16)(H,19,20)/t5?,6-,7+,9-,10-/m1/s1. The Morgan fingerprint density at radius 3 is 2.05 bits per heavy atom. The van der Waals surface area contributed by atoms with Gasteiger partial charge in [0.15, 0.2) is 0 Å². The lowest BCUT2D eigenvalue weighted by molar-refractivity contribution is -0.140. The first-order valence-corrected chi connectivity index (χ1v) is 6.18. The zero-order chi connectivity index (χ0) is 15.9. The van der Waals surface area contributed by atoms with E-state index in [9.17, 15) is 30.0 Å². The van der Waals surface area contributed by atoms with E-state index in [2.05, 4.69) is 5.32 Å². The number of hydrogen-bond acceptors (Lipinski definition) is 7. The highest BCUT2D eigenvalue weighted by molar-refractivity contribution is 5.84. The largest absolute Gasteiger partial charge is 0.480 e. The zero-order valence-electron chi connectivity index (χ0n) is 11.1. The van der Waals surface area contributed by atoms with Gasteiger partial charge in [0.1, 0.15) is 18.2 Å². The van der Waals surface area contributed by atoms with E-state index < -0.39 is 55.3 Å². The van der Waals surface area contributed by atoms with Gasteiger partial charge in [-0.05, 0) is 6.42 Å². The highest BCUT2D eigenvalue weighted by Crippen LogP contribution is 2.07. The second-order valence-electron chi connectivity index (χ2n) is 4.48. The van der Waals surface area contributed by atoms with Crippen LogP contribution >= 0.6 is 0 Å². The predicted molar refractivity (Wildman–Crippen MR) is 67.6 cm³/mol. The van der Waals surface area contributed by atoms with Gasteiger partial charge in [0.25, 0.3) is 0 Å². The maximum Gasteiger partial charge on any atom is 0.321 e. The first-order valence-electron chi connectivity index (χ1n) is 6.18. The fourth-order valence-electron chi connectivity index (χ4n) is 1.40. The van der Waals surface area contributed by atoms with Crippen molar-refractivity contribution in [2.45, 2.75) is 50.2 Å². The minimum absolute atomic E-state index is 0.185. The summed E-state index contributed by atoms with van der Waals surface area (Å²) in [6, 6.07) is -1.36. The Morgan fingerprint density at radius 2 is 1.60 bits per heavy atom. The van der Waals surface area contributed by atoms with Crippen LogP contribution in [-0.2, 0) is 9.59 Å². The molecule has 118 valence electrons. The minimum atomic E-state index is -1.64. The summed E-state index contributed by atoms with van der Waals surface area (Å²) in [5, 5.41) is 48.5. The fourth-order valence-corrected chi connectivity index (χ4v) is 1.40. The van der Waals surface area contributed by atoms with Crippen LogP contribution in [-0.4, -0.2) is 74.4 Å². The monoisotopic (exact) mass is 294 g/mol. The van der Waals surface area contributed by atoms with Crippen LogP contribution in [0.25, 0.3) is 0 Å². The molecular weight excluding hydrogens is 272 g/mol. The lowest BCUT2D eigenvalue weighted by Crippen LogP contribution is -2.49. The Morgan fingerprint density at radius 1 is 1.10 bits per heavy atom. The van der Waals surface area contributed by atoms with Gasteiger partial charge in [0.2, 0.25) is 5.91 Å². The number of nitrogens with one attached hydrogen (secondary N) is 1. The molecule has 9 heteroatoms. The molecule has 0 aliphatic rings. The van der Waals surface area contributed by atoms with E-state index in [0.717, 1.165) is 0 Å². The number of hydrogen-bond donors (Lipinski definition) is 7. The van der Waals surface area contributed by atoms with Gasteiger partial charge in [0, 0.05) is 6.54 Å². The molecular formula is C11H22N2O7. The number of carbonyl (C=O) groups is 2. The van der Waals surface area contributed by atoms with E-state index in [1.807, 2.05) is 0 Å². The molecule has 9 nitrogen and oxygen atoms in total. The predicted octanol–water partition coefficient (Wildman–Crippen LogP) is -3.24. The molecule has 0 saturated heterocycles. The Kier molecular flexibility index (Phi) is 8.26. The molecule has 0 aromatic rings. The van der Waals surface area contributed by atoms with Gasteiger partial charge in [-0.3, -0.25) is 9.59 Å². The van der Waals surface area contributed by atoms with Gasteiger partial charge in [-0.25, -0.2) is 0 Å². The molecule has 0 spiro atoms. The number of carbonyl (C=O) groups excluding carboxylic acids is 1. The van der Waals surface area contributed by atoms with Crippen LogP contribution in [0.4, 0.5) is 0 Å². The molecule has 0 aromatic heterocycles. The molecule has 1 amide bonds. The van der Waals surface area contributed by atoms with Gasteiger partial charge >= 0.3 is 5.97 Å². The molecule has 0 rings (SSSR count). The first-order chi connectivity index (χ1) is 9.20. The molecule has 0 bridgehead atoms. The van der Waals surface area contributed by atoms with Crippen molar-refractivity contribution < 1.29 is 35.1 Å². The molecule has 1 unspecified atom stereocenters. The Balaban J connectivity index is 4.18. The summed E-state index contributed by atoms with van der Waals surface area (Å²) in [5.41, 5.74) is 5.14. The molecule has 0 heterocycles. The topological polar surface area (TPSA) is 173 Å². The van der Waals surface area contributed by atoms with E-state index >= 15 is 0 Å². The number of amides is 1. The van der Waals surface area contributed by atoms with Gasteiger partial charge in [0.05, 0.1) is 18.6 Å².